The topological polar surface area (TPSA) is 42.7 Å². The minimum absolute atomic E-state index is 0.888. The number of nitrogens with zero attached hydrogens (tertiary/aromatic N) is 3. The molecule has 0 aliphatic heterocycles. The molecule has 78 valence electrons. The summed E-state index contributed by atoms with van der Waals surface area (Å²) in [6.07, 6.45) is 3.24. The van der Waals surface area contributed by atoms with E-state index in [4.69, 9.17) is 0 Å². The first kappa shape index (κ1) is 9.86. The van der Waals surface area contributed by atoms with E-state index in [0.29, 0.717) is 0 Å². The Balaban J connectivity index is 2.19. The van der Waals surface area contributed by atoms with Crippen molar-refractivity contribution in [3.8, 4) is 5.69 Å². The number of rotatable bonds is 4. The number of benzene rings is 1. The maximum atomic E-state index is 4.09. The first-order chi connectivity index (χ1) is 7.40. The van der Waals surface area contributed by atoms with Gasteiger partial charge in [-0.05, 0) is 24.2 Å². The summed E-state index contributed by atoms with van der Waals surface area (Å²) in [5.41, 5.74) is 2.30. The van der Waals surface area contributed by atoms with Crippen molar-refractivity contribution < 1.29 is 0 Å². The molecule has 0 fully saturated rings. The van der Waals surface area contributed by atoms with Crippen molar-refractivity contribution in [1.82, 2.24) is 20.1 Å². The monoisotopic (exact) mass is 202 g/mol. The van der Waals surface area contributed by atoms with Crippen molar-refractivity contribution in [3.63, 3.8) is 0 Å². The Labute approximate surface area is 89.0 Å². The summed E-state index contributed by atoms with van der Waals surface area (Å²) in [6.45, 7) is 3.97. The van der Waals surface area contributed by atoms with Gasteiger partial charge in [0, 0.05) is 6.54 Å². The molecule has 0 aliphatic rings. The Morgan fingerprint density at radius 1 is 1.40 bits per heavy atom. The lowest BCUT2D eigenvalue weighted by molar-refractivity contribution is 0.725. The third-order valence-electron chi connectivity index (χ3n) is 2.17. The van der Waals surface area contributed by atoms with Crippen LogP contribution in [0.25, 0.3) is 5.69 Å². The van der Waals surface area contributed by atoms with Crippen molar-refractivity contribution in [2.75, 3.05) is 6.54 Å². The Morgan fingerprint density at radius 3 is 3.07 bits per heavy atom. The molecule has 4 heteroatoms. The lowest BCUT2D eigenvalue weighted by Crippen LogP contribution is -2.11. The van der Waals surface area contributed by atoms with E-state index in [1.807, 2.05) is 12.1 Å². The van der Waals surface area contributed by atoms with Crippen LogP contribution >= 0.6 is 0 Å². The van der Waals surface area contributed by atoms with Gasteiger partial charge in [0.25, 0.3) is 0 Å². The van der Waals surface area contributed by atoms with Gasteiger partial charge in [-0.2, -0.15) is 5.10 Å². The molecule has 0 spiro atoms. The maximum Gasteiger partial charge on any atom is 0.138 e. The second-order valence-electron chi connectivity index (χ2n) is 3.29. The molecule has 2 rings (SSSR count). The minimum Gasteiger partial charge on any atom is -0.313 e. The molecule has 0 atom stereocenters. The molecule has 0 unspecified atom stereocenters. The Morgan fingerprint density at radius 2 is 2.33 bits per heavy atom. The SMILES string of the molecule is CCNCc1cccc(-n2cncn2)c1. The molecule has 2 aromatic rings. The molecule has 0 saturated carbocycles. The van der Waals surface area contributed by atoms with Crippen LogP contribution in [0.1, 0.15) is 12.5 Å². The molecule has 4 nitrogen and oxygen atoms in total. The molecular weight excluding hydrogens is 188 g/mol. The van der Waals surface area contributed by atoms with Crippen molar-refractivity contribution in [2.24, 2.45) is 0 Å². The highest BCUT2D eigenvalue weighted by atomic mass is 15.3. The summed E-state index contributed by atoms with van der Waals surface area (Å²) < 4.78 is 1.76. The van der Waals surface area contributed by atoms with Gasteiger partial charge in [-0.25, -0.2) is 9.67 Å². The van der Waals surface area contributed by atoms with Crippen LogP contribution in [-0.4, -0.2) is 21.3 Å². The predicted octanol–water partition coefficient (Wildman–Crippen LogP) is 1.38. The van der Waals surface area contributed by atoms with Crippen molar-refractivity contribution in [1.29, 1.82) is 0 Å². The van der Waals surface area contributed by atoms with Crippen LogP contribution in [0, 0.1) is 0 Å². The van der Waals surface area contributed by atoms with Crippen LogP contribution < -0.4 is 5.32 Å². The zero-order valence-electron chi connectivity index (χ0n) is 8.72. The van der Waals surface area contributed by atoms with E-state index >= 15 is 0 Å². The van der Waals surface area contributed by atoms with Crippen LogP contribution in [0.5, 0.6) is 0 Å². The van der Waals surface area contributed by atoms with E-state index in [0.717, 1.165) is 18.8 Å². The zero-order valence-corrected chi connectivity index (χ0v) is 8.72. The normalized spacial score (nSPS) is 10.5. The fraction of sp³-hybridized carbons (Fsp3) is 0.273. The lowest BCUT2D eigenvalue weighted by atomic mass is 10.2. The molecule has 1 heterocycles. The van der Waals surface area contributed by atoms with Gasteiger partial charge >= 0.3 is 0 Å². The summed E-state index contributed by atoms with van der Waals surface area (Å²) >= 11 is 0. The molecule has 1 aromatic heterocycles. The van der Waals surface area contributed by atoms with E-state index in [9.17, 15) is 0 Å². The van der Waals surface area contributed by atoms with Gasteiger partial charge in [-0.15, -0.1) is 0 Å². The molecule has 15 heavy (non-hydrogen) atoms. The largest absolute Gasteiger partial charge is 0.313 e. The molecule has 0 saturated heterocycles. The van der Waals surface area contributed by atoms with Gasteiger partial charge in [-0.1, -0.05) is 19.1 Å². The van der Waals surface area contributed by atoms with Gasteiger partial charge in [0.1, 0.15) is 12.7 Å². The number of hydrogen-bond acceptors (Lipinski definition) is 3. The van der Waals surface area contributed by atoms with Crippen molar-refractivity contribution in [2.45, 2.75) is 13.5 Å². The third kappa shape index (κ3) is 2.41. The highest BCUT2D eigenvalue weighted by Gasteiger charge is 1.97. The summed E-state index contributed by atoms with van der Waals surface area (Å²) in [5.74, 6) is 0. The Kier molecular flexibility index (Phi) is 3.09. The van der Waals surface area contributed by atoms with E-state index in [1.165, 1.54) is 11.9 Å². The summed E-state index contributed by atoms with van der Waals surface area (Å²) in [7, 11) is 0. The van der Waals surface area contributed by atoms with Gasteiger partial charge in [0.05, 0.1) is 5.69 Å². The summed E-state index contributed by atoms with van der Waals surface area (Å²) in [6, 6.07) is 8.26. The fourth-order valence-electron chi connectivity index (χ4n) is 1.42. The van der Waals surface area contributed by atoms with E-state index in [1.54, 1.807) is 11.0 Å². The first-order valence-electron chi connectivity index (χ1n) is 5.05. The molecule has 1 aromatic carbocycles. The van der Waals surface area contributed by atoms with E-state index < -0.39 is 0 Å². The molecule has 1 N–H and O–H groups in total. The maximum absolute atomic E-state index is 4.09. The van der Waals surface area contributed by atoms with Crippen molar-refractivity contribution >= 4 is 0 Å². The fourth-order valence-corrected chi connectivity index (χ4v) is 1.42. The van der Waals surface area contributed by atoms with Crippen molar-refractivity contribution in [3.05, 3.63) is 42.5 Å². The standard InChI is InChI=1S/C11H14N4/c1-2-12-7-10-4-3-5-11(6-10)15-9-13-8-14-15/h3-6,8-9,12H,2,7H2,1H3. The van der Waals surface area contributed by atoms with Gasteiger partial charge < -0.3 is 5.32 Å². The third-order valence-corrected chi connectivity index (χ3v) is 2.17. The van der Waals surface area contributed by atoms with Crippen LogP contribution in [0.2, 0.25) is 0 Å². The van der Waals surface area contributed by atoms with Crippen LogP contribution in [0.15, 0.2) is 36.9 Å². The number of hydrogen-bond donors (Lipinski definition) is 1. The highest BCUT2D eigenvalue weighted by Crippen LogP contribution is 2.08. The van der Waals surface area contributed by atoms with Gasteiger partial charge in [0.2, 0.25) is 0 Å². The molecule has 0 radical (unpaired) electrons. The molecular formula is C11H14N4. The summed E-state index contributed by atoms with van der Waals surface area (Å²) in [4.78, 5) is 3.93. The molecule has 0 aliphatic carbocycles. The Hall–Kier alpha value is -1.68. The van der Waals surface area contributed by atoms with Crippen LogP contribution in [0.3, 0.4) is 0 Å². The second-order valence-corrected chi connectivity index (χ2v) is 3.29. The number of aromatic nitrogens is 3. The average molecular weight is 202 g/mol. The van der Waals surface area contributed by atoms with Crippen LogP contribution in [-0.2, 0) is 6.54 Å². The predicted molar refractivity (Wildman–Crippen MR) is 58.7 cm³/mol. The van der Waals surface area contributed by atoms with Crippen LogP contribution in [0.4, 0.5) is 0 Å². The van der Waals surface area contributed by atoms with E-state index in [2.05, 4.69) is 34.5 Å². The molecule has 0 amide bonds. The minimum atomic E-state index is 0.888. The van der Waals surface area contributed by atoms with Gasteiger partial charge in [0.15, 0.2) is 0 Å². The molecule has 0 bridgehead atoms. The smallest absolute Gasteiger partial charge is 0.138 e. The Bertz CT molecular complexity index is 408. The first-order valence-corrected chi connectivity index (χ1v) is 5.05. The second kappa shape index (κ2) is 4.70. The highest BCUT2D eigenvalue weighted by molar-refractivity contribution is 5.34. The number of nitrogens with one attached hydrogen (secondary N) is 1. The van der Waals surface area contributed by atoms with Gasteiger partial charge in [-0.3, -0.25) is 0 Å². The lowest BCUT2D eigenvalue weighted by Gasteiger charge is -2.05. The summed E-state index contributed by atoms with van der Waals surface area (Å²) in [5, 5.41) is 7.38. The quantitative estimate of drug-likeness (QED) is 0.814. The van der Waals surface area contributed by atoms with E-state index in [-0.39, 0.29) is 0 Å². The zero-order chi connectivity index (χ0) is 10.5. The average Bonchev–Trinajstić information content (AvgIpc) is 2.80.